The minimum atomic E-state index is -0.360. The molecule has 3 heterocycles. The molecule has 1 unspecified atom stereocenters. The van der Waals surface area contributed by atoms with Crippen molar-refractivity contribution in [2.24, 2.45) is 0 Å². The first-order chi connectivity index (χ1) is 10.2. The third-order valence-electron chi connectivity index (χ3n) is 4.02. The van der Waals surface area contributed by atoms with Gasteiger partial charge < -0.3 is 14.2 Å². The Hall–Kier alpha value is -1.47. The van der Waals surface area contributed by atoms with Crippen molar-refractivity contribution in [1.29, 1.82) is 0 Å². The Balaban J connectivity index is 1.56. The molecule has 0 spiro atoms. The van der Waals surface area contributed by atoms with Crippen LogP contribution in [0.4, 0.5) is 0 Å². The number of aromatic nitrogens is 2. The summed E-state index contributed by atoms with van der Waals surface area (Å²) in [5, 5.41) is 3.79. The molecule has 7 heteroatoms. The predicted octanol–water partition coefficient (Wildman–Crippen LogP) is 0.591. The van der Waals surface area contributed by atoms with Crippen LogP contribution in [0.2, 0.25) is 0 Å². The molecule has 1 aromatic heterocycles. The standard InChI is InChI=1S/C14H22N4O3/c1-11-15-13(21-16-11)10-17-7-8-20-12(9-17)14(19)18-5-3-2-4-6-18/h12H,2-10H2,1H3. The van der Waals surface area contributed by atoms with E-state index in [-0.39, 0.29) is 12.0 Å². The molecule has 3 rings (SSSR count). The second-order valence-corrected chi connectivity index (χ2v) is 5.72. The van der Waals surface area contributed by atoms with E-state index in [0.29, 0.717) is 31.4 Å². The molecule has 2 aliphatic heterocycles. The first-order valence-electron chi connectivity index (χ1n) is 7.64. The number of ether oxygens (including phenoxy) is 1. The summed E-state index contributed by atoms with van der Waals surface area (Å²) in [6, 6.07) is 0. The van der Waals surface area contributed by atoms with Crippen molar-refractivity contribution in [3.63, 3.8) is 0 Å². The summed E-state index contributed by atoms with van der Waals surface area (Å²) < 4.78 is 10.8. The van der Waals surface area contributed by atoms with Crippen molar-refractivity contribution < 1.29 is 14.1 Å². The van der Waals surface area contributed by atoms with Crippen LogP contribution in [0.15, 0.2) is 4.52 Å². The van der Waals surface area contributed by atoms with E-state index in [4.69, 9.17) is 9.26 Å². The van der Waals surface area contributed by atoms with Gasteiger partial charge in [-0.3, -0.25) is 9.69 Å². The normalized spacial score (nSPS) is 24.2. The van der Waals surface area contributed by atoms with Gasteiger partial charge in [-0.05, 0) is 26.2 Å². The topological polar surface area (TPSA) is 71.7 Å². The van der Waals surface area contributed by atoms with E-state index in [0.717, 1.165) is 32.5 Å². The van der Waals surface area contributed by atoms with Crippen LogP contribution in [0.3, 0.4) is 0 Å². The third kappa shape index (κ3) is 3.59. The molecule has 0 aromatic carbocycles. The number of morpholine rings is 1. The molecule has 1 aromatic rings. The zero-order chi connectivity index (χ0) is 14.7. The van der Waals surface area contributed by atoms with Crippen LogP contribution in [0.5, 0.6) is 0 Å². The predicted molar refractivity (Wildman–Crippen MR) is 74.5 cm³/mol. The van der Waals surface area contributed by atoms with Crippen molar-refractivity contribution in [3.8, 4) is 0 Å². The van der Waals surface area contributed by atoms with Crippen LogP contribution < -0.4 is 0 Å². The lowest BCUT2D eigenvalue weighted by atomic mass is 10.1. The maximum Gasteiger partial charge on any atom is 0.253 e. The summed E-state index contributed by atoms with van der Waals surface area (Å²) in [5.74, 6) is 1.36. The molecule has 7 nitrogen and oxygen atoms in total. The van der Waals surface area contributed by atoms with Gasteiger partial charge in [0.25, 0.3) is 5.91 Å². The van der Waals surface area contributed by atoms with Gasteiger partial charge in [0.15, 0.2) is 5.82 Å². The van der Waals surface area contributed by atoms with E-state index < -0.39 is 0 Å². The van der Waals surface area contributed by atoms with Crippen LogP contribution in [0.1, 0.15) is 31.0 Å². The number of amides is 1. The number of hydrogen-bond donors (Lipinski definition) is 0. The van der Waals surface area contributed by atoms with Gasteiger partial charge in [0, 0.05) is 26.2 Å². The van der Waals surface area contributed by atoms with Crippen molar-refractivity contribution in [2.45, 2.75) is 38.8 Å². The summed E-state index contributed by atoms with van der Waals surface area (Å²) in [7, 11) is 0. The molecule has 0 radical (unpaired) electrons. The smallest absolute Gasteiger partial charge is 0.253 e. The quantitative estimate of drug-likeness (QED) is 0.812. The van der Waals surface area contributed by atoms with Crippen LogP contribution in [-0.4, -0.2) is 64.7 Å². The summed E-state index contributed by atoms with van der Waals surface area (Å²) in [6.07, 6.45) is 3.06. The zero-order valence-corrected chi connectivity index (χ0v) is 12.5. The fourth-order valence-electron chi connectivity index (χ4n) is 2.91. The molecule has 2 aliphatic rings. The van der Waals surface area contributed by atoms with Gasteiger partial charge in [0.2, 0.25) is 5.89 Å². The number of piperidine rings is 1. The second kappa shape index (κ2) is 6.53. The lowest BCUT2D eigenvalue weighted by Crippen LogP contribution is -2.51. The van der Waals surface area contributed by atoms with Crippen molar-refractivity contribution >= 4 is 5.91 Å². The Morgan fingerprint density at radius 2 is 2.10 bits per heavy atom. The van der Waals surface area contributed by atoms with Gasteiger partial charge in [-0.15, -0.1) is 0 Å². The van der Waals surface area contributed by atoms with E-state index in [1.165, 1.54) is 6.42 Å². The minimum absolute atomic E-state index is 0.126. The number of rotatable bonds is 3. The van der Waals surface area contributed by atoms with Crippen LogP contribution in [-0.2, 0) is 16.1 Å². The monoisotopic (exact) mass is 294 g/mol. The van der Waals surface area contributed by atoms with E-state index in [1.807, 2.05) is 4.90 Å². The summed E-state index contributed by atoms with van der Waals surface area (Å²) in [4.78, 5) is 20.8. The zero-order valence-electron chi connectivity index (χ0n) is 12.5. The van der Waals surface area contributed by atoms with Gasteiger partial charge >= 0.3 is 0 Å². The molecular weight excluding hydrogens is 272 g/mol. The van der Waals surface area contributed by atoms with Gasteiger partial charge in [-0.25, -0.2) is 0 Å². The summed E-state index contributed by atoms with van der Waals surface area (Å²) in [5.41, 5.74) is 0. The first kappa shape index (κ1) is 14.5. The molecular formula is C14H22N4O3. The number of likely N-dealkylation sites (tertiary alicyclic amines) is 1. The van der Waals surface area contributed by atoms with E-state index in [9.17, 15) is 4.79 Å². The number of carbonyl (C=O) groups is 1. The molecule has 2 fully saturated rings. The maximum absolute atomic E-state index is 12.5. The van der Waals surface area contributed by atoms with Crippen molar-refractivity contribution in [1.82, 2.24) is 19.9 Å². The number of hydrogen-bond acceptors (Lipinski definition) is 6. The Morgan fingerprint density at radius 3 is 2.81 bits per heavy atom. The van der Waals surface area contributed by atoms with Gasteiger partial charge in [0.1, 0.15) is 6.10 Å². The maximum atomic E-state index is 12.5. The SMILES string of the molecule is Cc1noc(CN2CCOC(C(=O)N3CCCCC3)C2)n1. The Morgan fingerprint density at radius 1 is 1.29 bits per heavy atom. The van der Waals surface area contributed by atoms with Crippen molar-refractivity contribution in [2.75, 3.05) is 32.8 Å². The highest BCUT2D eigenvalue weighted by atomic mass is 16.5. The molecule has 2 saturated heterocycles. The third-order valence-corrected chi connectivity index (χ3v) is 4.02. The Bertz CT molecular complexity index is 484. The van der Waals surface area contributed by atoms with E-state index in [2.05, 4.69) is 15.0 Å². The molecule has 116 valence electrons. The van der Waals surface area contributed by atoms with Gasteiger partial charge in [0.05, 0.1) is 13.2 Å². The molecule has 21 heavy (non-hydrogen) atoms. The van der Waals surface area contributed by atoms with E-state index >= 15 is 0 Å². The molecule has 0 saturated carbocycles. The van der Waals surface area contributed by atoms with Gasteiger partial charge in [-0.2, -0.15) is 4.98 Å². The number of carbonyl (C=O) groups excluding carboxylic acids is 1. The lowest BCUT2D eigenvalue weighted by molar-refractivity contribution is -0.150. The average molecular weight is 294 g/mol. The highest BCUT2D eigenvalue weighted by Crippen LogP contribution is 2.15. The fraction of sp³-hybridized carbons (Fsp3) is 0.786. The number of aryl methyl sites for hydroxylation is 1. The van der Waals surface area contributed by atoms with E-state index in [1.54, 1.807) is 6.92 Å². The molecule has 0 N–H and O–H groups in total. The first-order valence-corrected chi connectivity index (χ1v) is 7.64. The van der Waals surface area contributed by atoms with Crippen LogP contribution in [0.25, 0.3) is 0 Å². The van der Waals surface area contributed by atoms with Gasteiger partial charge in [-0.1, -0.05) is 5.16 Å². The Labute approximate surface area is 124 Å². The van der Waals surface area contributed by atoms with Crippen LogP contribution >= 0.6 is 0 Å². The van der Waals surface area contributed by atoms with Crippen LogP contribution in [0, 0.1) is 6.92 Å². The summed E-state index contributed by atoms with van der Waals surface area (Å²) >= 11 is 0. The molecule has 1 amide bonds. The fourth-order valence-corrected chi connectivity index (χ4v) is 2.91. The molecule has 0 bridgehead atoms. The summed E-state index contributed by atoms with van der Waals surface area (Å²) in [6.45, 7) is 6.05. The minimum Gasteiger partial charge on any atom is -0.366 e. The highest BCUT2D eigenvalue weighted by Gasteiger charge is 2.31. The Kier molecular flexibility index (Phi) is 4.50. The second-order valence-electron chi connectivity index (χ2n) is 5.72. The van der Waals surface area contributed by atoms with Crippen molar-refractivity contribution in [3.05, 3.63) is 11.7 Å². The highest BCUT2D eigenvalue weighted by molar-refractivity contribution is 5.81. The largest absolute Gasteiger partial charge is 0.366 e. The molecule has 0 aliphatic carbocycles. The average Bonchev–Trinajstić information content (AvgIpc) is 2.93. The molecule has 1 atom stereocenters. The number of nitrogens with zero attached hydrogens (tertiary/aromatic N) is 4. The lowest BCUT2D eigenvalue weighted by Gasteiger charge is -2.35.